The van der Waals surface area contributed by atoms with Crippen molar-refractivity contribution >= 4 is 17.7 Å². The van der Waals surface area contributed by atoms with E-state index < -0.39 is 5.51 Å². The number of amides is 1. The molecule has 1 aromatic rings. The van der Waals surface area contributed by atoms with Crippen LogP contribution >= 0.6 is 11.8 Å². The highest BCUT2D eigenvalue weighted by atomic mass is 32.2. The number of carbonyl (C=O) groups excluding carboxylic acids is 1. The van der Waals surface area contributed by atoms with Crippen LogP contribution in [0.1, 0.15) is 17.3 Å². The molecule has 0 aromatic heterocycles. The monoisotopic (exact) mass is 278 g/mol. The Morgan fingerprint density at radius 1 is 1.39 bits per heavy atom. The van der Waals surface area contributed by atoms with Crippen LogP contribution in [0.15, 0.2) is 29.2 Å². The molecule has 0 saturated heterocycles. The average molecular weight is 278 g/mol. The number of nitrogens with two attached hydrogens (primary N) is 1. The van der Waals surface area contributed by atoms with Crippen molar-refractivity contribution in [3.05, 3.63) is 29.8 Å². The van der Waals surface area contributed by atoms with E-state index in [0.717, 1.165) is 0 Å². The van der Waals surface area contributed by atoms with E-state index in [1.807, 2.05) is 0 Å². The number of benzene rings is 1. The van der Waals surface area contributed by atoms with E-state index in [-0.39, 0.29) is 28.6 Å². The zero-order valence-corrected chi connectivity index (χ0v) is 10.4. The molecule has 100 valence electrons. The van der Waals surface area contributed by atoms with Crippen LogP contribution < -0.4 is 11.1 Å². The highest BCUT2D eigenvalue weighted by Crippen LogP contribution is 2.36. The van der Waals surface area contributed by atoms with Crippen LogP contribution in [0.3, 0.4) is 0 Å². The van der Waals surface area contributed by atoms with E-state index in [2.05, 4.69) is 5.32 Å². The molecule has 0 heterocycles. The van der Waals surface area contributed by atoms with Crippen LogP contribution in [0.2, 0.25) is 0 Å². The summed E-state index contributed by atoms with van der Waals surface area (Å²) in [5.74, 6) is -0.350. The fraction of sp³-hybridized carbons (Fsp3) is 0.364. The van der Waals surface area contributed by atoms with Crippen molar-refractivity contribution in [2.75, 3.05) is 6.54 Å². The lowest BCUT2D eigenvalue weighted by molar-refractivity contribution is -0.0328. The van der Waals surface area contributed by atoms with Gasteiger partial charge in [-0.25, -0.2) is 0 Å². The third-order valence-corrected chi connectivity index (χ3v) is 2.82. The summed E-state index contributed by atoms with van der Waals surface area (Å²) in [6.07, 6.45) is 0. The van der Waals surface area contributed by atoms with Crippen LogP contribution in [0.4, 0.5) is 13.2 Å². The number of rotatable bonds is 4. The topological polar surface area (TPSA) is 55.1 Å². The summed E-state index contributed by atoms with van der Waals surface area (Å²) in [7, 11) is 0. The van der Waals surface area contributed by atoms with Crippen molar-refractivity contribution in [1.82, 2.24) is 5.32 Å². The molecule has 7 heteroatoms. The maximum atomic E-state index is 12.1. The highest BCUT2D eigenvalue weighted by Gasteiger charge is 2.29. The van der Waals surface area contributed by atoms with Crippen LogP contribution in [-0.2, 0) is 0 Å². The van der Waals surface area contributed by atoms with Gasteiger partial charge in [-0.1, -0.05) is 0 Å². The number of halogens is 3. The third kappa shape index (κ3) is 4.97. The number of carbonyl (C=O) groups is 1. The molecular formula is C11H13F3N2OS. The number of hydrogen-bond acceptors (Lipinski definition) is 3. The van der Waals surface area contributed by atoms with E-state index in [9.17, 15) is 18.0 Å². The Morgan fingerprint density at radius 2 is 1.94 bits per heavy atom. The normalized spacial score (nSPS) is 13.2. The molecule has 1 amide bonds. The molecule has 1 atom stereocenters. The third-order valence-electron chi connectivity index (χ3n) is 2.08. The highest BCUT2D eigenvalue weighted by molar-refractivity contribution is 8.00. The van der Waals surface area contributed by atoms with Gasteiger partial charge in [0.05, 0.1) is 0 Å². The second-order valence-corrected chi connectivity index (χ2v) is 4.82. The molecule has 0 bridgehead atoms. The van der Waals surface area contributed by atoms with Crippen LogP contribution in [0.25, 0.3) is 0 Å². The molecule has 0 radical (unpaired) electrons. The number of alkyl halides is 3. The van der Waals surface area contributed by atoms with Crippen LogP contribution in [-0.4, -0.2) is 24.0 Å². The van der Waals surface area contributed by atoms with Gasteiger partial charge in [-0.3, -0.25) is 4.79 Å². The zero-order valence-electron chi connectivity index (χ0n) is 9.62. The maximum absolute atomic E-state index is 12.1. The quantitative estimate of drug-likeness (QED) is 0.831. The van der Waals surface area contributed by atoms with Gasteiger partial charge in [-0.2, -0.15) is 13.2 Å². The molecule has 0 saturated carbocycles. The predicted molar refractivity (Wildman–Crippen MR) is 64.3 cm³/mol. The van der Waals surface area contributed by atoms with Crippen molar-refractivity contribution in [2.45, 2.75) is 23.4 Å². The Morgan fingerprint density at radius 3 is 2.39 bits per heavy atom. The minimum Gasteiger partial charge on any atom is -0.348 e. The van der Waals surface area contributed by atoms with Crippen molar-refractivity contribution in [3.8, 4) is 0 Å². The van der Waals surface area contributed by atoms with Gasteiger partial charge in [0.1, 0.15) is 0 Å². The van der Waals surface area contributed by atoms with E-state index in [0.29, 0.717) is 12.1 Å². The lowest BCUT2D eigenvalue weighted by Crippen LogP contribution is -2.37. The van der Waals surface area contributed by atoms with Crippen molar-refractivity contribution in [2.24, 2.45) is 5.73 Å². The SMILES string of the molecule is C[C@@H](CN)NC(=O)c1ccc(SC(F)(F)F)cc1. The largest absolute Gasteiger partial charge is 0.446 e. The van der Waals surface area contributed by atoms with Crippen molar-refractivity contribution in [1.29, 1.82) is 0 Å². The van der Waals surface area contributed by atoms with Gasteiger partial charge in [-0.05, 0) is 43.0 Å². The molecule has 0 fully saturated rings. The van der Waals surface area contributed by atoms with E-state index >= 15 is 0 Å². The molecule has 3 nitrogen and oxygen atoms in total. The molecule has 0 aliphatic rings. The summed E-state index contributed by atoms with van der Waals surface area (Å²) in [4.78, 5) is 11.7. The van der Waals surface area contributed by atoms with Gasteiger partial charge in [0, 0.05) is 23.0 Å². The van der Waals surface area contributed by atoms with E-state index in [4.69, 9.17) is 5.73 Å². The van der Waals surface area contributed by atoms with Crippen LogP contribution in [0.5, 0.6) is 0 Å². The van der Waals surface area contributed by atoms with Crippen LogP contribution in [0, 0.1) is 0 Å². The average Bonchev–Trinajstić information content (AvgIpc) is 2.27. The van der Waals surface area contributed by atoms with Gasteiger partial charge in [0.25, 0.3) is 5.91 Å². The molecule has 0 aliphatic carbocycles. The molecule has 1 rings (SSSR count). The Bertz CT molecular complexity index is 406. The fourth-order valence-corrected chi connectivity index (χ4v) is 1.71. The number of hydrogen-bond donors (Lipinski definition) is 2. The zero-order chi connectivity index (χ0) is 13.8. The van der Waals surface area contributed by atoms with Crippen molar-refractivity contribution < 1.29 is 18.0 Å². The summed E-state index contributed by atoms with van der Waals surface area (Å²) in [5, 5.41) is 2.62. The summed E-state index contributed by atoms with van der Waals surface area (Å²) in [6.45, 7) is 2.04. The van der Waals surface area contributed by atoms with Crippen molar-refractivity contribution in [3.63, 3.8) is 0 Å². The second kappa shape index (κ2) is 6.10. The summed E-state index contributed by atoms with van der Waals surface area (Å²) in [6, 6.07) is 5.06. The first kappa shape index (κ1) is 14.8. The number of nitrogens with one attached hydrogen (secondary N) is 1. The van der Waals surface area contributed by atoms with Gasteiger partial charge >= 0.3 is 5.51 Å². The Labute approximate surface area is 107 Å². The lowest BCUT2D eigenvalue weighted by Gasteiger charge is -2.11. The summed E-state index contributed by atoms with van der Waals surface area (Å²) >= 11 is -0.212. The Balaban J connectivity index is 2.68. The van der Waals surface area contributed by atoms with Gasteiger partial charge in [0.15, 0.2) is 0 Å². The standard InChI is InChI=1S/C11H13F3N2OS/c1-7(6-15)16-10(17)8-2-4-9(5-3-8)18-11(12,13)14/h2-5,7H,6,15H2,1H3,(H,16,17)/t7-/m0/s1. The minimum absolute atomic E-state index is 0.0472. The first-order chi connectivity index (χ1) is 8.31. The summed E-state index contributed by atoms with van der Waals surface area (Å²) < 4.78 is 36.3. The Kier molecular flexibility index (Phi) is 5.03. The van der Waals surface area contributed by atoms with E-state index in [1.165, 1.54) is 24.3 Å². The first-order valence-corrected chi connectivity index (χ1v) is 6.00. The molecule has 0 spiro atoms. The molecular weight excluding hydrogens is 265 g/mol. The predicted octanol–water partition coefficient (Wildman–Crippen LogP) is 2.38. The summed E-state index contributed by atoms with van der Waals surface area (Å²) in [5.41, 5.74) is 1.33. The smallest absolute Gasteiger partial charge is 0.348 e. The fourth-order valence-electron chi connectivity index (χ4n) is 1.17. The minimum atomic E-state index is -4.32. The van der Waals surface area contributed by atoms with Gasteiger partial charge in [-0.15, -0.1) is 0 Å². The molecule has 0 unspecified atom stereocenters. The Hall–Kier alpha value is -1.21. The molecule has 0 aliphatic heterocycles. The molecule has 3 N–H and O–H groups in total. The first-order valence-electron chi connectivity index (χ1n) is 5.18. The second-order valence-electron chi connectivity index (χ2n) is 3.68. The number of thioether (sulfide) groups is 1. The molecule has 18 heavy (non-hydrogen) atoms. The molecule has 1 aromatic carbocycles. The van der Waals surface area contributed by atoms with Gasteiger partial charge in [0.2, 0.25) is 0 Å². The van der Waals surface area contributed by atoms with Gasteiger partial charge < -0.3 is 11.1 Å². The maximum Gasteiger partial charge on any atom is 0.446 e. The lowest BCUT2D eigenvalue weighted by atomic mass is 10.2. The van der Waals surface area contributed by atoms with E-state index in [1.54, 1.807) is 6.92 Å².